The maximum absolute atomic E-state index is 12.9. The lowest BCUT2D eigenvalue weighted by Gasteiger charge is -2.27. The number of nitrogens with one attached hydrogen (secondary N) is 1. The van der Waals surface area contributed by atoms with Gasteiger partial charge in [-0.15, -0.1) is 11.8 Å². The average Bonchev–Trinajstić information content (AvgIpc) is 3.15. The number of benzene rings is 3. The van der Waals surface area contributed by atoms with E-state index in [1.807, 2.05) is 61.5 Å². The highest BCUT2D eigenvalue weighted by atomic mass is 79.9. The zero-order chi connectivity index (χ0) is 22.0. The molecule has 0 radical (unpaired) electrons. The van der Waals surface area contributed by atoms with Crippen LogP contribution in [0.2, 0.25) is 0 Å². The van der Waals surface area contributed by atoms with E-state index in [1.54, 1.807) is 24.1 Å². The summed E-state index contributed by atoms with van der Waals surface area (Å²) >= 11 is 4.92. The number of nitrogens with zero attached hydrogens (tertiary/aromatic N) is 1. The van der Waals surface area contributed by atoms with E-state index in [-0.39, 0.29) is 17.2 Å². The minimum absolute atomic E-state index is 0.00735. The van der Waals surface area contributed by atoms with Crippen LogP contribution in [0.1, 0.15) is 26.9 Å². The number of thioether (sulfide) groups is 1. The van der Waals surface area contributed by atoms with Crippen LogP contribution in [0.3, 0.4) is 0 Å². The monoisotopic (exact) mass is 496 g/mol. The molecule has 0 bridgehead atoms. The van der Waals surface area contributed by atoms with Crippen LogP contribution >= 0.6 is 27.7 Å². The molecule has 0 aliphatic carbocycles. The SMILES string of the molecule is COc1ccc(C)cc1N1C(=O)CSC1c1ccccc1NC(=O)c1ccc(Br)cc1. The van der Waals surface area contributed by atoms with Gasteiger partial charge in [-0.3, -0.25) is 14.5 Å². The van der Waals surface area contributed by atoms with Crippen molar-refractivity contribution in [2.24, 2.45) is 0 Å². The van der Waals surface area contributed by atoms with Gasteiger partial charge in [0.25, 0.3) is 5.91 Å². The molecule has 158 valence electrons. The lowest BCUT2D eigenvalue weighted by molar-refractivity contribution is -0.115. The number of halogens is 1. The fraction of sp³-hybridized carbons (Fsp3) is 0.167. The van der Waals surface area contributed by atoms with Crippen LogP contribution in [0.4, 0.5) is 11.4 Å². The lowest BCUT2D eigenvalue weighted by atomic mass is 10.1. The third kappa shape index (κ3) is 4.48. The van der Waals surface area contributed by atoms with Crippen LogP contribution in [0, 0.1) is 6.92 Å². The molecule has 1 N–H and O–H groups in total. The summed E-state index contributed by atoms with van der Waals surface area (Å²) in [5, 5.41) is 2.74. The van der Waals surface area contributed by atoms with Crippen molar-refractivity contribution >= 4 is 50.9 Å². The third-order valence-electron chi connectivity index (χ3n) is 5.04. The summed E-state index contributed by atoms with van der Waals surface area (Å²) in [6, 6.07) is 20.6. The number of carbonyl (C=O) groups excluding carboxylic acids is 2. The molecule has 5 nitrogen and oxygen atoms in total. The number of ether oxygens (including phenoxy) is 1. The van der Waals surface area contributed by atoms with Crippen LogP contribution in [0.15, 0.2) is 71.2 Å². The summed E-state index contributed by atoms with van der Waals surface area (Å²) in [5.74, 6) is 0.807. The van der Waals surface area contributed by atoms with E-state index >= 15 is 0 Å². The molecule has 2 amide bonds. The minimum Gasteiger partial charge on any atom is -0.495 e. The van der Waals surface area contributed by atoms with Crippen LogP contribution in [0.25, 0.3) is 0 Å². The van der Waals surface area contributed by atoms with E-state index in [0.29, 0.717) is 22.8 Å². The van der Waals surface area contributed by atoms with Gasteiger partial charge in [-0.1, -0.05) is 40.2 Å². The molecule has 0 spiro atoms. The zero-order valence-electron chi connectivity index (χ0n) is 17.1. The first-order valence-electron chi connectivity index (χ1n) is 9.72. The Morgan fingerprint density at radius 2 is 1.87 bits per heavy atom. The fourth-order valence-corrected chi connectivity index (χ4v) is 4.99. The lowest BCUT2D eigenvalue weighted by Crippen LogP contribution is -2.29. The molecule has 3 aromatic rings. The standard InChI is InChI=1S/C24H21BrN2O3S/c1-15-7-12-21(30-2)20(13-15)27-22(28)14-31-24(27)18-5-3-4-6-19(18)26-23(29)16-8-10-17(25)11-9-16/h3-13,24H,14H2,1-2H3,(H,26,29). The number of amides is 2. The molecule has 1 aliphatic heterocycles. The van der Waals surface area contributed by atoms with Gasteiger partial charge in [-0.25, -0.2) is 0 Å². The summed E-state index contributed by atoms with van der Waals surface area (Å²) in [6.07, 6.45) is 0. The van der Waals surface area contributed by atoms with Crippen molar-refractivity contribution in [2.45, 2.75) is 12.3 Å². The molecule has 1 atom stereocenters. The van der Waals surface area contributed by atoms with Crippen LogP contribution in [0.5, 0.6) is 5.75 Å². The second-order valence-corrected chi connectivity index (χ2v) is 9.13. The maximum Gasteiger partial charge on any atom is 0.255 e. The predicted molar refractivity (Wildman–Crippen MR) is 129 cm³/mol. The second kappa shape index (κ2) is 9.16. The highest BCUT2D eigenvalue weighted by molar-refractivity contribution is 9.10. The fourth-order valence-electron chi connectivity index (χ4n) is 3.52. The molecule has 1 heterocycles. The number of methoxy groups -OCH3 is 1. The number of anilines is 2. The zero-order valence-corrected chi connectivity index (χ0v) is 19.5. The maximum atomic E-state index is 12.9. The molecular formula is C24H21BrN2O3S. The summed E-state index contributed by atoms with van der Waals surface area (Å²) in [4.78, 5) is 27.5. The molecule has 1 fully saturated rings. The molecular weight excluding hydrogens is 476 g/mol. The molecule has 1 aliphatic rings. The van der Waals surface area contributed by atoms with Crippen molar-refractivity contribution in [2.75, 3.05) is 23.1 Å². The molecule has 0 aromatic heterocycles. The average molecular weight is 497 g/mol. The van der Waals surface area contributed by atoms with E-state index in [9.17, 15) is 9.59 Å². The van der Waals surface area contributed by atoms with Crippen LogP contribution < -0.4 is 15.0 Å². The Hall–Kier alpha value is -2.77. The van der Waals surface area contributed by atoms with Crippen molar-refractivity contribution in [1.29, 1.82) is 0 Å². The molecule has 31 heavy (non-hydrogen) atoms. The topological polar surface area (TPSA) is 58.6 Å². The summed E-state index contributed by atoms with van der Waals surface area (Å²) in [7, 11) is 1.60. The summed E-state index contributed by atoms with van der Waals surface area (Å²) in [6.45, 7) is 1.98. The number of carbonyl (C=O) groups is 2. The molecule has 3 aromatic carbocycles. The molecule has 1 unspecified atom stereocenters. The number of hydrogen-bond donors (Lipinski definition) is 1. The number of aryl methyl sites for hydroxylation is 1. The second-order valence-electron chi connectivity index (χ2n) is 7.15. The van der Waals surface area contributed by atoms with E-state index in [4.69, 9.17) is 4.74 Å². The first-order valence-corrected chi connectivity index (χ1v) is 11.6. The van der Waals surface area contributed by atoms with Gasteiger partial charge in [0.05, 0.1) is 18.6 Å². The van der Waals surface area contributed by atoms with E-state index in [1.165, 1.54) is 11.8 Å². The Morgan fingerprint density at radius 1 is 1.13 bits per heavy atom. The molecule has 7 heteroatoms. The number of para-hydroxylation sites is 1. The quantitative estimate of drug-likeness (QED) is 0.485. The van der Waals surface area contributed by atoms with E-state index < -0.39 is 0 Å². The normalized spacial score (nSPS) is 15.8. The Balaban J connectivity index is 1.69. The van der Waals surface area contributed by atoms with Crippen molar-refractivity contribution in [3.8, 4) is 5.75 Å². The molecule has 1 saturated heterocycles. The van der Waals surface area contributed by atoms with Crippen molar-refractivity contribution in [3.63, 3.8) is 0 Å². The summed E-state index contributed by atoms with van der Waals surface area (Å²) < 4.78 is 6.44. The Bertz CT molecular complexity index is 1130. The summed E-state index contributed by atoms with van der Waals surface area (Å²) in [5.41, 5.74) is 3.88. The van der Waals surface area contributed by atoms with Gasteiger partial charge in [0, 0.05) is 21.3 Å². The van der Waals surface area contributed by atoms with Gasteiger partial charge >= 0.3 is 0 Å². The smallest absolute Gasteiger partial charge is 0.255 e. The number of rotatable bonds is 5. The first-order chi connectivity index (χ1) is 15.0. The predicted octanol–water partition coefficient (Wildman–Crippen LogP) is 5.80. The van der Waals surface area contributed by atoms with Crippen molar-refractivity contribution in [3.05, 3.63) is 87.9 Å². The first kappa shape index (κ1) is 21.5. The van der Waals surface area contributed by atoms with Crippen LogP contribution in [-0.4, -0.2) is 24.7 Å². The largest absolute Gasteiger partial charge is 0.495 e. The Kier molecular flexibility index (Phi) is 6.34. The van der Waals surface area contributed by atoms with Gasteiger partial charge in [-0.2, -0.15) is 0 Å². The van der Waals surface area contributed by atoms with Gasteiger partial charge in [-0.05, 0) is 55.0 Å². The van der Waals surface area contributed by atoms with Crippen molar-refractivity contribution < 1.29 is 14.3 Å². The van der Waals surface area contributed by atoms with Gasteiger partial charge in [0.1, 0.15) is 11.1 Å². The minimum atomic E-state index is -0.274. The molecule has 0 saturated carbocycles. The van der Waals surface area contributed by atoms with Crippen LogP contribution in [-0.2, 0) is 4.79 Å². The Labute approximate surface area is 193 Å². The third-order valence-corrected chi connectivity index (χ3v) is 6.77. The van der Waals surface area contributed by atoms with Gasteiger partial charge in [0.15, 0.2) is 0 Å². The van der Waals surface area contributed by atoms with Gasteiger partial charge < -0.3 is 10.1 Å². The van der Waals surface area contributed by atoms with Crippen molar-refractivity contribution in [1.82, 2.24) is 0 Å². The van der Waals surface area contributed by atoms with Gasteiger partial charge in [0.2, 0.25) is 5.91 Å². The number of hydrogen-bond acceptors (Lipinski definition) is 4. The molecule has 4 rings (SSSR count). The van der Waals surface area contributed by atoms with E-state index in [0.717, 1.165) is 21.3 Å². The van der Waals surface area contributed by atoms with E-state index in [2.05, 4.69) is 21.2 Å². The highest BCUT2D eigenvalue weighted by Crippen LogP contribution is 2.46. The highest BCUT2D eigenvalue weighted by Gasteiger charge is 2.37. The Morgan fingerprint density at radius 3 is 2.61 bits per heavy atom.